The summed E-state index contributed by atoms with van der Waals surface area (Å²) in [6.45, 7) is 0. The summed E-state index contributed by atoms with van der Waals surface area (Å²) in [7, 11) is 3.17. The topological polar surface area (TPSA) is 58.2 Å². The van der Waals surface area contributed by atoms with Crippen LogP contribution in [0.25, 0.3) is 0 Å². The minimum atomic E-state index is -0.575. The standard InChI is InChI=1S/C18H20N2O2/c1-19-17(21)15(13-9-5-3-6-10-13)16(18(22)20-2)14-11-7-4-8-12-14/h3-12,15-16H,1-2H3,(H,19,21)(H,20,22)/t15-,16+. The van der Waals surface area contributed by atoms with Crippen LogP contribution in [-0.4, -0.2) is 25.9 Å². The van der Waals surface area contributed by atoms with Crippen LogP contribution < -0.4 is 10.6 Å². The largest absolute Gasteiger partial charge is 0.359 e. The number of likely N-dealkylation sites (N-methyl/N-ethyl adjacent to an activating group) is 2. The van der Waals surface area contributed by atoms with Crippen molar-refractivity contribution in [1.82, 2.24) is 10.6 Å². The number of nitrogens with one attached hydrogen (secondary N) is 2. The minimum Gasteiger partial charge on any atom is -0.359 e. The van der Waals surface area contributed by atoms with Crippen LogP contribution >= 0.6 is 0 Å². The van der Waals surface area contributed by atoms with Crippen molar-refractivity contribution in [2.45, 2.75) is 11.8 Å². The summed E-state index contributed by atoms with van der Waals surface area (Å²) in [6.07, 6.45) is 0. The Morgan fingerprint density at radius 2 is 1.00 bits per heavy atom. The van der Waals surface area contributed by atoms with E-state index in [0.29, 0.717) is 0 Å². The van der Waals surface area contributed by atoms with Gasteiger partial charge < -0.3 is 10.6 Å². The zero-order valence-corrected chi connectivity index (χ0v) is 12.7. The highest BCUT2D eigenvalue weighted by molar-refractivity contribution is 5.94. The summed E-state index contributed by atoms with van der Waals surface area (Å²) < 4.78 is 0. The molecule has 0 fully saturated rings. The van der Waals surface area contributed by atoms with Crippen LogP contribution in [-0.2, 0) is 9.59 Å². The van der Waals surface area contributed by atoms with Crippen molar-refractivity contribution >= 4 is 11.8 Å². The third kappa shape index (κ3) is 3.34. The van der Waals surface area contributed by atoms with Gasteiger partial charge in [0.15, 0.2) is 0 Å². The fourth-order valence-corrected chi connectivity index (χ4v) is 2.62. The molecule has 0 aromatic heterocycles. The Labute approximate surface area is 130 Å². The first-order chi connectivity index (χ1) is 10.7. The van der Waals surface area contributed by atoms with E-state index in [4.69, 9.17) is 0 Å². The predicted octanol–water partition coefficient (Wildman–Crippen LogP) is 2.05. The molecule has 2 rings (SSSR count). The minimum absolute atomic E-state index is 0.177. The maximum atomic E-state index is 12.5. The van der Waals surface area contributed by atoms with Crippen LogP contribution in [0.15, 0.2) is 60.7 Å². The molecule has 22 heavy (non-hydrogen) atoms. The summed E-state index contributed by atoms with van der Waals surface area (Å²) in [6, 6.07) is 18.8. The molecule has 2 amide bonds. The van der Waals surface area contributed by atoms with Crippen LogP contribution in [0.5, 0.6) is 0 Å². The number of amides is 2. The van der Waals surface area contributed by atoms with E-state index >= 15 is 0 Å². The Morgan fingerprint density at radius 3 is 1.27 bits per heavy atom. The molecule has 0 spiro atoms. The second-order valence-electron chi connectivity index (χ2n) is 5.01. The van der Waals surface area contributed by atoms with E-state index in [1.54, 1.807) is 14.1 Å². The number of rotatable bonds is 5. The molecule has 0 radical (unpaired) electrons. The first-order valence-corrected chi connectivity index (χ1v) is 7.22. The van der Waals surface area contributed by atoms with Crippen LogP contribution in [0.1, 0.15) is 23.0 Å². The molecule has 0 saturated carbocycles. The van der Waals surface area contributed by atoms with Gasteiger partial charge in [-0.1, -0.05) is 60.7 Å². The second kappa shape index (κ2) is 7.41. The molecular formula is C18H20N2O2. The van der Waals surface area contributed by atoms with Gasteiger partial charge in [-0.2, -0.15) is 0 Å². The van der Waals surface area contributed by atoms with Gasteiger partial charge in [0.25, 0.3) is 0 Å². The molecule has 0 heterocycles. The Balaban J connectivity index is 2.54. The Morgan fingerprint density at radius 1 is 0.682 bits per heavy atom. The van der Waals surface area contributed by atoms with Gasteiger partial charge in [-0.05, 0) is 11.1 Å². The van der Waals surface area contributed by atoms with Gasteiger partial charge in [-0.15, -0.1) is 0 Å². The molecule has 2 atom stereocenters. The van der Waals surface area contributed by atoms with Crippen molar-refractivity contribution in [1.29, 1.82) is 0 Å². The van der Waals surface area contributed by atoms with Crippen molar-refractivity contribution < 1.29 is 9.59 Å². The lowest BCUT2D eigenvalue weighted by Gasteiger charge is -2.25. The van der Waals surface area contributed by atoms with Crippen molar-refractivity contribution in [2.75, 3.05) is 14.1 Å². The smallest absolute Gasteiger partial charge is 0.228 e. The molecule has 114 valence electrons. The Bertz CT molecular complexity index is 569. The number of hydrogen-bond acceptors (Lipinski definition) is 2. The second-order valence-corrected chi connectivity index (χ2v) is 5.01. The highest BCUT2D eigenvalue weighted by Crippen LogP contribution is 2.33. The van der Waals surface area contributed by atoms with Crippen molar-refractivity contribution in [3.8, 4) is 0 Å². The molecular weight excluding hydrogens is 276 g/mol. The molecule has 0 unspecified atom stereocenters. The van der Waals surface area contributed by atoms with Gasteiger partial charge in [0.05, 0.1) is 11.8 Å². The van der Waals surface area contributed by atoms with Gasteiger partial charge in [-0.25, -0.2) is 0 Å². The highest BCUT2D eigenvalue weighted by atomic mass is 16.2. The molecule has 0 aliphatic heterocycles. The molecule has 2 aromatic carbocycles. The Kier molecular flexibility index (Phi) is 5.31. The molecule has 0 aliphatic rings. The maximum Gasteiger partial charge on any atom is 0.228 e. The maximum absolute atomic E-state index is 12.5. The summed E-state index contributed by atoms with van der Waals surface area (Å²) in [5.74, 6) is -1.51. The van der Waals surface area contributed by atoms with Gasteiger partial charge in [0, 0.05) is 14.1 Å². The lowest BCUT2D eigenvalue weighted by atomic mass is 9.80. The van der Waals surface area contributed by atoms with E-state index in [0.717, 1.165) is 11.1 Å². The van der Waals surface area contributed by atoms with E-state index in [1.165, 1.54) is 0 Å². The number of carbonyl (C=O) groups excluding carboxylic acids is 2. The number of benzene rings is 2. The molecule has 2 N–H and O–H groups in total. The van der Waals surface area contributed by atoms with Crippen LogP contribution in [0.2, 0.25) is 0 Å². The Hall–Kier alpha value is -2.62. The monoisotopic (exact) mass is 296 g/mol. The molecule has 4 heteroatoms. The average Bonchev–Trinajstić information content (AvgIpc) is 2.59. The van der Waals surface area contributed by atoms with E-state index in [-0.39, 0.29) is 11.8 Å². The van der Waals surface area contributed by atoms with E-state index in [1.807, 2.05) is 60.7 Å². The fraction of sp³-hybridized carbons (Fsp3) is 0.222. The predicted molar refractivity (Wildman–Crippen MR) is 86.5 cm³/mol. The average molecular weight is 296 g/mol. The normalized spacial score (nSPS) is 13.0. The summed E-state index contributed by atoms with van der Waals surface area (Å²) in [5.41, 5.74) is 1.64. The van der Waals surface area contributed by atoms with Gasteiger partial charge in [0.1, 0.15) is 0 Å². The van der Waals surface area contributed by atoms with E-state index in [2.05, 4.69) is 10.6 Å². The van der Waals surface area contributed by atoms with Crippen molar-refractivity contribution in [3.63, 3.8) is 0 Å². The van der Waals surface area contributed by atoms with Crippen LogP contribution in [0, 0.1) is 0 Å². The zero-order chi connectivity index (χ0) is 15.9. The van der Waals surface area contributed by atoms with Crippen molar-refractivity contribution in [2.24, 2.45) is 0 Å². The van der Waals surface area contributed by atoms with Gasteiger partial charge in [0.2, 0.25) is 11.8 Å². The third-order valence-corrected chi connectivity index (χ3v) is 3.71. The fourth-order valence-electron chi connectivity index (χ4n) is 2.62. The number of carbonyl (C=O) groups is 2. The van der Waals surface area contributed by atoms with Crippen molar-refractivity contribution in [3.05, 3.63) is 71.8 Å². The molecule has 0 saturated heterocycles. The molecule has 0 bridgehead atoms. The van der Waals surface area contributed by atoms with Gasteiger partial charge in [-0.3, -0.25) is 9.59 Å². The van der Waals surface area contributed by atoms with Gasteiger partial charge >= 0.3 is 0 Å². The lowest BCUT2D eigenvalue weighted by molar-refractivity contribution is -0.128. The van der Waals surface area contributed by atoms with Crippen LogP contribution in [0.3, 0.4) is 0 Å². The lowest BCUT2D eigenvalue weighted by Crippen LogP contribution is -2.37. The third-order valence-electron chi connectivity index (χ3n) is 3.71. The first kappa shape index (κ1) is 15.8. The summed E-state index contributed by atoms with van der Waals surface area (Å²) in [4.78, 5) is 24.9. The highest BCUT2D eigenvalue weighted by Gasteiger charge is 2.35. The quantitative estimate of drug-likeness (QED) is 0.887. The van der Waals surface area contributed by atoms with Crippen LogP contribution in [0.4, 0.5) is 0 Å². The SMILES string of the molecule is CNC(=O)[C@H](c1ccccc1)[C@@H](C(=O)NC)c1ccccc1. The molecule has 2 aromatic rings. The van der Waals surface area contributed by atoms with E-state index in [9.17, 15) is 9.59 Å². The van der Waals surface area contributed by atoms with E-state index < -0.39 is 11.8 Å². The number of hydrogen-bond donors (Lipinski definition) is 2. The zero-order valence-electron chi connectivity index (χ0n) is 12.7. The summed E-state index contributed by atoms with van der Waals surface area (Å²) in [5, 5.41) is 5.35. The summed E-state index contributed by atoms with van der Waals surface area (Å²) >= 11 is 0. The molecule has 4 nitrogen and oxygen atoms in total. The molecule has 0 aliphatic carbocycles. The first-order valence-electron chi connectivity index (χ1n) is 7.22.